The topological polar surface area (TPSA) is 108 Å². The van der Waals surface area contributed by atoms with Crippen LogP contribution in [0.15, 0.2) is 18.2 Å². The Bertz CT molecular complexity index is 409. The summed E-state index contributed by atoms with van der Waals surface area (Å²) in [4.78, 5) is 9.95. The van der Waals surface area contributed by atoms with Crippen molar-refractivity contribution in [3.05, 3.63) is 28.3 Å². The lowest BCUT2D eigenvalue weighted by atomic mass is 10.2. The number of hydrogen-bond acceptors (Lipinski definition) is 6. The molecular weight excluding hydrogens is 202 g/mol. The average molecular weight is 211 g/mol. The summed E-state index contributed by atoms with van der Waals surface area (Å²) in [5.41, 5.74) is 0.826. The van der Waals surface area contributed by atoms with Crippen LogP contribution in [-0.4, -0.2) is 27.6 Å². The maximum Gasteiger partial charge on any atom is 0.271 e. The minimum absolute atomic E-state index is 0.0772. The first-order valence-electron chi connectivity index (χ1n) is 4.25. The Morgan fingerprint density at radius 1 is 1.20 bits per heavy atom. The second-order valence-corrected chi connectivity index (χ2v) is 3.17. The number of fused-ring (bicyclic) bond motifs is 1. The summed E-state index contributed by atoms with van der Waals surface area (Å²) in [6.45, 7) is 0. The normalized spacial score (nSPS) is 23.6. The van der Waals surface area contributed by atoms with Gasteiger partial charge < -0.3 is 20.8 Å². The highest BCUT2D eigenvalue weighted by Gasteiger charge is 2.24. The number of nitrogens with zero attached hydrogens (tertiary/aromatic N) is 1. The maximum atomic E-state index is 10.5. The quantitative estimate of drug-likeness (QED) is 0.386. The smallest absolute Gasteiger partial charge is 0.271 e. The second kappa shape index (κ2) is 3.37. The number of aliphatic hydroxyl groups excluding tert-OH is 2. The molecule has 1 aromatic rings. The molecule has 0 unspecified atom stereocenters. The average Bonchev–Trinajstić information content (AvgIpc) is 2.19. The molecule has 2 atom stereocenters. The van der Waals surface area contributed by atoms with Crippen LogP contribution in [0.3, 0.4) is 0 Å². The van der Waals surface area contributed by atoms with Gasteiger partial charge in [0.15, 0.2) is 12.5 Å². The predicted octanol–water partition coefficient (Wildman–Crippen LogP) is 0.0690. The maximum absolute atomic E-state index is 10.5. The third-order valence-corrected chi connectivity index (χ3v) is 2.12. The van der Waals surface area contributed by atoms with Crippen LogP contribution in [0.4, 0.5) is 17.1 Å². The summed E-state index contributed by atoms with van der Waals surface area (Å²) in [6, 6.07) is 4.07. The van der Waals surface area contributed by atoms with E-state index in [1.165, 1.54) is 18.2 Å². The van der Waals surface area contributed by atoms with Crippen molar-refractivity contribution in [2.45, 2.75) is 12.5 Å². The van der Waals surface area contributed by atoms with E-state index in [4.69, 9.17) is 0 Å². The number of benzene rings is 1. The predicted molar refractivity (Wildman–Crippen MR) is 52.4 cm³/mol. The molecule has 0 aromatic heterocycles. The second-order valence-electron chi connectivity index (χ2n) is 3.17. The first-order valence-corrected chi connectivity index (χ1v) is 4.25. The van der Waals surface area contributed by atoms with Crippen LogP contribution in [0.5, 0.6) is 0 Å². The molecule has 80 valence electrons. The van der Waals surface area contributed by atoms with Crippen LogP contribution in [0.1, 0.15) is 0 Å². The number of nitrogens with one attached hydrogen (secondary N) is 2. The molecule has 0 bridgehead atoms. The zero-order chi connectivity index (χ0) is 11.0. The van der Waals surface area contributed by atoms with Gasteiger partial charge in [-0.05, 0) is 6.07 Å². The molecule has 0 fully saturated rings. The SMILES string of the molecule is O=[N+]([O-])c1ccc2c(c1)N[C@H](O)[C@H](O)N2. The van der Waals surface area contributed by atoms with E-state index < -0.39 is 17.4 Å². The van der Waals surface area contributed by atoms with Gasteiger partial charge in [-0.1, -0.05) is 0 Å². The van der Waals surface area contributed by atoms with Crippen molar-refractivity contribution >= 4 is 17.1 Å². The van der Waals surface area contributed by atoms with Gasteiger partial charge >= 0.3 is 0 Å². The Labute approximate surface area is 84.5 Å². The van der Waals surface area contributed by atoms with Crippen molar-refractivity contribution in [2.24, 2.45) is 0 Å². The highest BCUT2D eigenvalue weighted by Crippen LogP contribution is 2.30. The van der Waals surface area contributed by atoms with Crippen molar-refractivity contribution in [3.8, 4) is 0 Å². The van der Waals surface area contributed by atoms with Crippen LogP contribution >= 0.6 is 0 Å². The van der Waals surface area contributed by atoms with Crippen molar-refractivity contribution in [1.82, 2.24) is 0 Å². The summed E-state index contributed by atoms with van der Waals surface area (Å²) in [5, 5.41) is 34.1. The molecule has 7 nitrogen and oxygen atoms in total. The molecule has 0 saturated carbocycles. The molecule has 7 heteroatoms. The Morgan fingerprint density at radius 2 is 1.80 bits per heavy atom. The van der Waals surface area contributed by atoms with Gasteiger partial charge in [-0.25, -0.2) is 0 Å². The van der Waals surface area contributed by atoms with Gasteiger partial charge in [-0.15, -0.1) is 0 Å². The van der Waals surface area contributed by atoms with E-state index in [0.717, 1.165) is 0 Å². The minimum atomic E-state index is -1.18. The number of nitro groups is 1. The number of rotatable bonds is 1. The van der Waals surface area contributed by atoms with E-state index in [-0.39, 0.29) is 5.69 Å². The summed E-state index contributed by atoms with van der Waals surface area (Å²) in [5.74, 6) is 0. The van der Waals surface area contributed by atoms with Gasteiger partial charge in [-0.2, -0.15) is 0 Å². The zero-order valence-electron chi connectivity index (χ0n) is 7.54. The third kappa shape index (κ3) is 1.69. The number of non-ortho nitro benzene ring substituents is 1. The number of anilines is 2. The van der Waals surface area contributed by atoms with E-state index in [9.17, 15) is 20.3 Å². The van der Waals surface area contributed by atoms with Crippen LogP contribution < -0.4 is 10.6 Å². The van der Waals surface area contributed by atoms with Crippen molar-refractivity contribution < 1.29 is 15.1 Å². The molecule has 0 amide bonds. The minimum Gasteiger partial charge on any atom is -0.369 e. The molecule has 4 N–H and O–H groups in total. The fourth-order valence-electron chi connectivity index (χ4n) is 1.37. The summed E-state index contributed by atoms with van der Waals surface area (Å²) in [7, 11) is 0. The fourth-order valence-corrected chi connectivity index (χ4v) is 1.37. The number of nitro benzene ring substituents is 1. The Balaban J connectivity index is 2.37. The van der Waals surface area contributed by atoms with Crippen LogP contribution in [0, 0.1) is 10.1 Å². The van der Waals surface area contributed by atoms with E-state index >= 15 is 0 Å². The first kappa shape index (κ1) is 9.69. The first-order chi connectivity index (χ1) is 7.08. The summed E-state index contributed by atoms with van der Waals surface area (Å²) < 4.78 is 0. The Kier molecular flexibility index (Phi) is 2.18. The largest absolute Gasteiger partial charge is 0.369 e. The van der Waals surface area contributed by atoms with Crippen LogP contribution in [0.2, 0.25) is 0 Å². The number of hydrogen-bond donors (Lipinski definition) is 4. The van der Waals surface area contributed by atoms with Gasteiger partial charge in [0.2, 0.25) is 0 Å². The Hall–Kier alpha value is -1.86. The molecule has 15 heavy (non-hydrogen) atoms. The zero-order valence-corrected chi connectivity index (χ0v) is 7.54. The Morgan fingerprint density at radius 3 is 2.40 bits per heavy atom. The van der Waals surface area contributed by atoms with Gasteiger partial charge in [-0.3, -0.25) is 10.1 Å². The summed E-state index contributed by atoms with van der Waals surface area (Å²) in [6.07, 6.45) is -2.31. The monoisotopic (exact) mass is 211 g/mol. The van der Waals surface area contributed by atoms with Crippen LogP contribution in [-0.2, 0) is 0 Å². The molecule has 1 aliphatic heterocycles. The van der Waals surface area contributed by atoms with Gasteiger partial charge in [0.25, 0.3) is 5.69 Å². The molecule has 2 rings (SSSR count). The van der Waals surface area contributed by atoms with Gasteiger partial charge in [0.1, 0.15) is 0 Å². The van der Waals surface area contributed by atoms with Crippen molar-refractivity contribution in [3.63, 3.8) is 0 Å². The third-order valence-electron chi connectivity index (χ3n) is 2.12. The molecular formula is C8H9N3O4. The highest BCUT2D eigenvalue weighted by atomic mass is 16.6. The van der Waals surface area contributed by atoms with Crippen molar-refractivity contribution in [2.75, 3.05) is 10.6 Å². The van der Waals surface area contributed by atoms with Gasteiger partial charge in [0.05, 0.1) is 16.3 Å². The molecule has 0 radical (unpaired) electrons. The molecule has 1 heterocycles. The van der Waals surface area contributed by atoms with Crippen LogP contribution in [0.25, 0.3) is 0 Å². The van der Waals surface area contributed by atoms with E-state index in [2.05, 4.69) is 10.6 Å². The molecule has 0 saturated heterocycles. The summed E-state index contributed by atoms with van der Waals surface area (Å²) >= 11 is 0. The van der Waals surface area contributed by atoms with E-state index in [0.29, 0.717) is 11.4 Å². The fraction of sp³-hybridized carbons (Fsp3) is 0.250. The molecule has 1 aromatic carbocycles. The van der Waals surface area contributed by atoms with Gasteiger partial charge in [0, 0.05) is 12.1 Å². The van der Waals surface area contributed by atoms with E-state index in [1.54, 1.807) is 0 Å². The molecule has 1 aliphatic rings. The number of aliphatic hydroxyl groups is 2. The molecule has 0 spiro atoms. The standard InChI is InChI=1S/C8H9N3O4/c12-7-8(13)10-6-3-4(11(14)15)1-2-5(6)9-7/h1-3,7-10,12-13H/t7-,8+/m0/s1. The molecule has 0 aliphatic carbocycles. The van der Waals surface area contributed by atoms with Crippen molar-refractivity contribution in [1.29, 1.82) is 0 Å². The lowest BCUT2D eigenvalue weighted by molar-refractivity contribution is -0.384. The van der Waals surface area contributed by atoms with E-state index in [1.807, 2.05) is 0 Å². The lowest BCUT2D eigenvalue weighted by Crippen LogP contribution is -2.42. The lowest BCUT2D eigenvalue weighted by Gasteiger charge is -2.29. The highest BCUT2D eigenvalue weighted by molar-refractivity contribution is 5.74.